The molecule has 3 atom stereocenters. The van der Waals surface area contributed by atoms with Crippen molar-refractivity contribution in [1.29, 1.82) is 0 Å². The Bertz CT molecular complexity index is 486. The van der Waals surface area contributed by atoms with E-state index in [-0.39, 0.29) is 12.1 Å². The van der Waals surface area contributed by atoms with Crippen molar-refractivity contribution < 1.29 is 0 Å². The first-order valence-electron chi connectivity index (χ1n) is 7.93. The van der Waals surface area contributed by atoms with E-state index in [9.17, 15) is 0 Å². The first-order valence-corrected chi connectivity index (χ1v) is 8.31. The third-order valence-corrected chi connectivity index (χ3v) is 5.65. The Morgan fingerprint density at radius 2 is 1.95 bits per heavy atom. The summed E-state index contributed by atoms with van der Waals surface area (Å²) in [5.41, 5.74) is 4.07. The number of nitrogens with two attached hydrogens (primary N) is 1. The SMILES string of the molecule is CC(C)n1ncc(Cl)c1C(NN)C1CC2CCC(C1)N2C. The van der Waals surface area contributed by atoms with Gasteiger partial charge in [0, 0.05) is 18.1 Å². The largest absolute Gasteiger partial charge is 0.300 e. The van der Waals surface area contributed by atoms with E-state index >= 15 is 0 Å². The summed E-state index contributed by atoms with van der Waals surface area (Å²) in [6.07, 6.45) is 6.73. The van der Waals surface area contributed by atoms with Crippen molar-refractivity contribution in [1.82, 2.24) is 20.1 Å². The number of nitrogens with one attached hydrogen (secondary N) is 1. The zero-order valence-electron chi connectivity index (χ0n) is 13.1. The van der Waals surface area contributed by atoms with Crippen molar-refractivity contribution >= 4 is 11.6 Å². The zero-order valence-corrected chi connectivity index (χ0v) is 13.8. The van der Waals surface area contributed by atoms with Gasteiger partial charge in [0.05, 0.1) is 23.0 Å². The topological polar surface area (TPSA) is 59.1 Å². The Morgan fingerprint density at radius 3 is 2.48 bits per heavy atom. The summed E-state index contributed by atoms with van der Waals surface area (Å²) in [6.45, 7) is 4.25. The lowest BCUT2D eigenvalue weighted by atomic mass is 9.84. The van der Waals surface area contributed by atoms with E-state index in [0.717, 1.165) is 10.7 Å². The second-order valence-electron chi connectivity index (χ2n) is 6.84. The predicted molar refractivity (Wildman–Crippen MR) is 85.0 cm³/mol. The summed E-state index contributed by atoms with van der Waals surface area (Å²) in [5.74, 6) is 6.44. The van der Waals surface area contributed by atoms with Gasteiger partial charge in [0.25, 0.3) is 0 Å². The lowest BCUT2D eigenvalue weighted by molar-refractivity contribution is 0.110. The van der Waals surface area contributed by atoms with Crippen LogP contribution < -0.4 is 11.3 Å². The molecular formula is C15H26ClN5. The van der Waals surface area contributed by atoms with Crippen molar-refractivity contribution in [3.63, 3.8) is 0 Å². The maximum Gasteiger partial charge on any atom is 0.0834 e. The second-order valence-corrected chi connectivity index (χ2v) is 7.25. The number of hydrogen-bond acceptors (Lipinski definition) is 4. The summed E-state index contributed by atoms with van der Waals surface area (Å²) in [5, 5.41) is 5.15. The van der Waals surface area contributed by atoms with Gasteiger partial charge < -0.3 is 4.90 Å². The van der Waals surface area contributed by atoms with Crippen molar-refractivity contribution in [2.75, 3.05) is 7.05 Å². The molecule has 0 saturated carbocycles. The summed E-state index contributed by atoms with van der Waals surface area (Å²) in [4.78, 5) is 2.55. The number of halogens is 1. The van der Waals surface area contributed by atoms with E-state index in [1.165, 1.54) is 25.7 Å². The Hall–Kier alpha value is -0.620. The summed E-state index contributed by atoms with van der Waals surface area (Å²) in [7, 11) is 2.26. The first kappa shape index (κ1) is 15.3. The van der Waals surface area contributed by atoms with Crippen LogP contribution >= 0.6 is 11.6 Å². The third-order valence-electron chi connectivity index (χ3n) is 5.36. The lowest BCUT2D eigenvalue weighted by Gasteiger charge is -2.40. The fourth-order valence-corrected chi connectivity index (χ4v) is 4.47. The van der Waals surface area contributed by atoms with Gasteiger partial charge in [-0.1, -0.05) is 11.6 Å². The molecular weight excluding hydrogens is 286 g/mol. The van der Waals surface area contributed by atoms with Gasteiger partial charge in [0.2, 0.25) is 0 Å². The van der Waals surface area contributed by atoms with Crippen LogP contribution in [0.15, 0.2) is 6.20 Å². The summed E-state index contributed by atoms with van der Waals surface area (Å²) in [6, 6.07) is 1.75. The van der Waals surface area contributed by atoms with Crippen LogP contribution in [0.4, 0.5) is 0 Å². The molecule has 5 nitrogen and oxygen atoms in total. The standard InChI is InChI=1S/C15H26ClN5/c1-9(2)21-15(13(16)8-18-21)14(19-17)10-6-11-4-5-12(7-10)20(11)3/h8-12,14,19H,4-7,17H2,1-3H3. The van der Waals surface area contributed by atoms with E-state index in [4.69, 9.17) is 17.4 Å². The maximum absolute atomic E-state index is 6.41. The Morgan fingerprint density at radius 1 is 1.33 bits per heavy atom. The van der Waals surface area contributed by atoms with Crippen LogP contribution in [0, 0.1) is 5.92 Å². The summed E-state index contributed by atoms with van der Waals surface area (Å²) < 4.78 is 2.01. The molecule has 0 aromatic carbocycles. The van der Waals surface area contributed by atoms with Crippen molar-refractivity contribution in [2.45, 2.75) is 63.7 Å². The predicted octanol–water partition coefficient (Wildman–Crippen LogP) is 2.49. The van der Waals surface area contributed by atoms with Gasteiger partial charge in [-0.05, 0) is 52.5 Å². The molecule has 3 N–H and O–H groups in total. The molecule has 2 saturated heterocycles. The normalized spacial score (nSPS) is 31.0. The van der Waals surface area contributed by atoms with E-state index < -0.39 is 0 Å². The molecule has 2 aliphatic rings. The third kappa shape index (κ3) is 2.61. The highest BCUT2D eigenvalue weighted by Crippen LogP contribution is 2.43. The fraction of sp³-hybridized carbons (Fsp3) is 0.800. The van der Waals surface area contributed by atoms with E-state index in [1.807, 2.05) is 4.68 Å². The van der Waals surface area contributed by atoms with Gasteiger partial charge in [-0.3, -0.25) is 16.0 Å². The quantitative estimate of drug-likeness (QED) is 0.662. The zero-order chi connectivity index (χ0) is 15.1. The molecule has 21 heavy (non-hydrogen) atoms. The molecule has 3 heterocycles. The average Bonchev–Trinajstić information content (AvgIpc) is 2.89. The van der Waals surface area contributed by atoms with E-state index in [0.29, 0.717) is 18.0 Å². The molecule has 3 unspecified atom stereocenters. The molecule has 2 aliphatic heterocycles. The molecule has 0 amide bonds. The van der Waals surface area contributed by atoms with Crippen molar-refractivity contribution in [3.05, 3.63) is 16.9 Å². The maximum atomic E-state index is 6.41. The molecule has 1 aromatic rings. The fourth-order valence-electron chi connectivity index (χ4n) is 4.22. The molecule has 0 radical (unpaired) electrons. The van der Waals surface area contributed by atoms with E-state index in [2.05, 4.69) is 36.3 Å². The molecule has 118 valence electrons. The van der Waals surface area contributed by atoms with E-state index in [1.54, 1.807) is 6.20 Å². The van der Waals surface area contributed by atoms with Crippen LogP contribution in [0.25, 0.3) is 0 Å². The Labute approximate surface area is 131 Å². The van der Waals surface area contributed by atoms with Gasteiger partial charge in [0.15, 0.2) is 0 Å². The van der Waals surface area contributed by atoms with Gasteiger partial charge in [0.1, 0.15) is 0 Å². The van der Waals surface area contributed by atoms with Crippen LogP contribution in [0.5, 0.6) is 0 Å². The van der Waals surface area contributed by atoms with Crippen molar-refractivity contribution in [3.8, 4) is 0 Å². The van der Waals surface area contributed by atoms with Crippen LogP contribution in [0.2, 0.25) is 5.02 Å². The first-order chi connectivity index (χ1) is 10.0. The molecule has 0 spiro atoms. The number of aromatic nitrogens is 2. The average molecular weight is 312 g/mol. The van der Waals surface area contributed by atoms with Gasteiger partial charge in [-0.2, -0.15) is 5.10 Å². The smallest absolute Gasteiger partial charge is 0.0834 e. The van der Waals surface area contributed by atoms with Crippen LogP contribution in [-0.4, -0.2) is 33.8 Å². The number of rotatable bonds is 4. The molecule has 0 aliphatic carbocycles. The molecule has 6 heteroatoms. The molecule has 2 fully saturated rings. The van der Waals surface area contributed by atoms with Crippen molar-refractivity contribution in [2.24, 2.45) is 11.8 Å². The highest BCUT2D eigenvalue weighted by molar-refractivity contribution is 6.31. The monoisotopic (exact) mass is 311 g/mol. The number of hydrazine groups is 1. The second kappa shape index (κ2) is 5.88. The minimum atomic E-state index is 0.0826. The summed E-state index contributed by atoms with van der Waals surface area (Å²) >= 11 is 6.41. The lowest BCUT2D eigenvalue weighted by Crippen LogP contribution is -2.45. The Balaban J connectivity index is 1.88. The number of fused-ring (bicyclic) bond motifs is 2. The minimum absolute atomic E-state index is 0.0826. The molecule has 1 aromatic heterocycles. The van der Waals surface area contributed by atoms with Crippen LogP contribution in [0.3, 0.4) is 0 Å². The highest BCUT2D eigenvalue weighted by atomic mass is 35.5. The van der Waals surface area contributed by atoms with Crippen LogP contribution in [0.1, 0.15) is 57.3 Å². The minimum Gasteiger partial charge on any atom is -0.300 e. The van der Waals surface area contributed by atoms with Gasteiger partial charge in [-0.15, -0.1) is 0 Å². The number of hydrogen-bond donors (Lipinski definition) is 2. The molecule has 3 rings (SSSR count). The highest BCUT2D eigenvalue weighted by Gasteiger charge is 2.42. The number of nitrogens with zero attached hydrogens (tertiary/aromatic N) is 3. The van der Waals surface area contributed by atoms with Gasteiger partial charge in [-0.25, -0.2) is 0 Å². The van der Waals surface area contributed by atoms with Gasteiger partial charge >= 0.3 is 0 Å². The Kier molecular flexibility index (Phi) is 4.28. The molecule has 2 bridgehead atoms. The number of piperidine rings is 1. The van der Waals surface area contributed by atoms with Crippen LogP contribution in [-0.2, 0) is 0 Å².